The molecule has 0 aliphatic carbocycles. The second kappa shape index (κ2) is 7.69. The Morgan fingerprint density at radius 3 is 2.48 bits per heavy atom. The molecule has 4 rings (SSSR count). The minimum Gasteiger partial charge on any atom is -0.497 e. The van der Waals surface area contributed by atoms with E-state index in [0.29, 0.717) is 26.4 Å². The van der Waals surface area contributed by atoms with Gasteiger partial charge in [-0.15, -0.1) is 0 Å². The van der Waals surface area contributed by atoms with Crippen LogP contribution in [0.1, 0.15) is 5.56 Å². The number of likely N-dealkylation sites (N-methyl/N-ethyl adjacent to an activating group) is 1. The minimum atomic E-state index is -0.347. The first-order chi connectivity index (χ1) is 14.0. The number of methoxy groups -OCH3 is 1. The predicted octanol–water partition coefficient (Wildman–Crippen LogP) is 3.33. The van der Waals surface area contributed by atoms with E-state index in [2.05, 4.69) is 4.98 Å². The monoisotopic (exact) mass is 425 g/mol. The molecule has 1 amide bonds. The highest BCUT2D eigenvalue weighted by Crippen LogP contribution is 2.33. The molecule has 1 fully saturated rings. The average Bonchev–Trinajstić information content (AvgIpc) is 2.98. The van der Waals surface area contributed by atoms with Gasteiger partial charge in [-0.25, -0.2) is 0 Å². The number of fused-ring (bicyclic) bond motifs is 1. The van der Waals surface area contributed by atoms with Crippen LogP contribution >= 0.6 is 24.0 Å². The third-order valence-electron chi connectivity index (χ3n) is 4.27. The second-order valence-corrected chi connectivity index (χ2v) is 7.76. The zero-order chi connectivity index (χ0) is 20.5. The number of carbonyl (C=O) groups is 1. The van der Waals surface area contributed by atoms with E-state index in [-0.39, 0.29) is 22.9 Å². The topological polar surface area (TPSA) is 73.1 Å². The van der Waals surface area contributed by atoms with Crippen molar-refractivity contribution in [3.63, 3.8) is 0 Å². The number of carbonyl (C=O) groups excluding carboxylic acids is 1. The van der Waals surface area contributed by atoms with E-state index < -0.39 is 0 Å². The van der Waals surface area contributed by atoms with Crippen LogP contribution in [0.2, 0.25) is 0 Å². The van der Waals surface area contributed by atoms with Crippen LogP contribution in [-0.4, -0.2) is 38.7 Å². The summed E-state index contributed by atoms with van der Waals surface area (Å²) in [4.78, 5) is 31.7. The molecule has 1 aromatic carbocycles. The van der Waals surface area contributed by atoms with Crippen molar-refractivity contribution in [2.45, 2.75) is 0 Å². The molecule has 7 nitrogen and oxygen atoms in total. The molecule has 0 radical (unpaired) electrons. The number of thiocarbonyl (C=S) groups is 1. The molecule has 3 aromatic rings. The largest absolute Gasteiger partial charge is 0.497 e. The summed E-state index contributed by atoms with van der Waals surface area (Å²) < 4.78 is 12.9. The fraction of sp³-hybridized carbons (Fsp3) is 0.100. The third-order valence-corrected chi connectivity index (χ3v) is 5.75. The highest BCUT2D eigenvalue weighted by atomic mass is 32.2. The summed E-state index contributed by atoms with van der Waals surface area (Å²) in [5, 5.41) is 0. The molecule has 3 heterocycles. The van der Waals surface area contributed by atoms with Gasteiger partial charge in [0.2, 0.25) is 5.88 Å². The number of thioether (sulfide) groups is 1. The van der Waals surface area contributed by atoms with Gasteiger partial charge in [-0.1, -0.05) is 30.0 Å². The summed E-state index contributed by atoms with van der Waals surface area (Å²) >= 11 is 6.30. The predicted molar refractivity (Wildman–Crippen MR) is 115 cm³/mol. The number of benzene rings is 1. The van der Waals surface area contributed by atoms with Crippen LogP contribution in [0.3, 0.4) is 0 Å². The number of ether oxygens (including phenoxy) is 2. The molecule has 146 valence electrons. The van der Waals surface area contributed by atoms with Gasteiger partial charge in [0.1, 0.15) is 27.0 Å². The van der Waals surface area contributed by atoms with Gasteiger partial charge in [-0.3, -0.25) is 18.9 Å². The molecular formula is C20H15N3O4S2. The Balaban J connectivity index is 1.86. The van der Waals surface area contributed by atoms with E-state index in [1.54, 1.807) is 62.8 Å². The highest BCUT2D eigenvalue weighted by Gasteiger charge is 2.29. The lowest BCUT2D eigenvalue weighted by atomic mass is 10.2. The minimum absolute atomic E-state index is 0.104. The van der Waals surface area contributed by atoms with Crippen molar-refractivity contribution in [3.8, 4) is 17.4 Å². The first-order valence-corrected chi connectivity index (χ1v) is 9.75. The summed E-state index contributed by atoms with van der Waals surface area (Å²) in [5.41, 5.74) is 0.250. The van der Waals surface area contributed by atoms with Gasteiger partial charge in [-0.2, -0.15) is 4.98 Å². The Bertz CT molecular complexity index is 1220. The number of amides is 1. The molecule has 29 heavy (non-hydrogen) atoms. The van der Waals surface area contributed by atoms with E-state index >= 15 is 0 Å². The van der Waals surface area contributed by atoms with Crippen molar-refractivity contribution in [1.82, 2.24) is 14.3 Å². The van der Waals surface area contributed by atoms with Crippen LogP contribution in [0.25, 0.3) is 11.7 Å². The summed E-state index contributed by atoms with van der Waals surface area (Å²) in [5.74, 6) is 0.993. The summed E-state index contributed by atoms with van der Waals surface area (Å²) in [7, 11) is 3.17. The quantitative estimate of drug-likeness (QED) is 0.469. The molecule has 1 aliphatic rings. The van der Waals surface area contributed by atoms with Gasteiger partial charge in [0.25, 0.3) is 11.5 Å². The number of hydrogen-bond donors (Lipinski definition) is 0. The number of aromatic nitrogens is 2. The van der Waals surface area contributed by atoms with E-state index in [9.17, 15) is 9.59 Å². The summed E-state index contributed by atoms with van der Waals surface area (Å²) in [6.07, 6.45) is 3.10. The molecule has 2 aromatic heterocycles. The normalized spacial score (nSPS) is 15.4. The van der Waals surface area contributed by atoms with Gasteiger partial charge < -0.3 is 9.47 Å². The van der Waals surface area contributed by atoms with Crippen LogP contribution < -0.4 is 15.0 Å². The number of rotatable bonds is 4. The zero-order valence-electron chi connectivity index (χ0n) is 15.5. The van der Waals surface area contributed by atoms with Gasteiger partial charge >= 0.3 is 0 Å². The van der Waals surface area contributed by atoms with E-state index in [1.165, 1.54) is 15.4 Å². The van der Waals surface area contributed by atoms with E-state index in [1.807, 2.05) is 0 Å². The molecule has 0 unspecified atom stereocenters. The number of pyridine rings is 1. The smallest absolute Gasteiger partial charge is 0.269 e. The van der Waals surface area contributed by atoms with Crippen LogP contribution in [0.4, 0.5) is 0 Å². The Labute approximate surface area is 175 Å². The molecule has 0 bridgehead atoms. The van der Waals surface area contributed by atoms with E-state index in [4.69, 9.17) is 21.7 Å². The van der Waals surface area contributed by atoms with Crippen LogP contribution in [0.15, 0.2) is 58.4 Å². The molecule has 1 aliphatic heterocycles. The molecule has 0 atom stereocenters. The first-order valence-electron chi connectivity index (χ1n) is 8.53. The van der Waals surface area contributed by atoms with E-state index in [0.717, 1.165) is 11.8 Å². The molecule has 0 saturated carbocycles. The average molecular weight is 425 g/mol. The SMILES string of the molecule is COc1ccc(Oc2nc3ccccn3c(=O)c2/C=C2/SC(=S)N(C)C2=O)cc1. The van der Waals surface area contributed by atoms with Gasteiger partial charge in [0.15, 0.2) is 0 Å². The fourth-order valence-corrected chi connectivity index (χ4v) is 3.88. The van der Waals surface area contributed by atoms with Crippen LogP contribution in [0, 0.1) is 0 Å². The second-order valence-electron chi connectivity index (χ2n) is 6.08. The maximum absolute atomic E-state index is 13.1. The Hall–Kier alpha value is -3.17. The van der Waals surface area contributed by atoms with Crippen molar-refractivity contribution in [3.05, 3.63) is 69.5 Å². The number of hydrogen-bond acceptors (Lipinski definition) is 7. The van der Waals surface area contributed by atoms with Gasteiger partial charge in [-0.05, 0) is 42.5 Å². The Kier molecular flexibility index (Phi) is 5.08. The standard InChI is InChI=1S/C20H15N3O4S2/c1-22-19(25)15(29-20(22)28)11-14-17(27-13-8-6-12(26-2)7-9-13)21-16-5-3-4-10-23(16)18(14)24/h3-11H,1-2H3/b15-11+. The van der Waals surface area contributed by atoms with Crippen molar-refractivity contribution in [2.75, 3.05) is 14.2 Å². The fourth-order valence-electron chi connectivity index (χ4n) is 2.72. The van der Waals surface area contributed by atoms with Crippen LogP contribution in [-0.2, 0) is 4.79 Å². The maximum Gasteiger partial charge on any atom is 0.269 e. The maximum atomic E-state index is 13.1. The third kappa shape index (κ3) is 3.62. The van der Waals surface area contributed by atoms with Crippen molar-refractivity contribution in [1.29, 1.82) is 0 Å². The van der Waals surface area contributed by atoms with Gasteiger partial charge in [0.05, 0.1) is 12.0 Å². The summed E-state index contributed by atoms with van der Waals surface area (Å²) in [6, 6.07) is 12.1. The lowest BCUT2D eigenvalue weighted by Gasteiger charge is -2.10. The molecule has 1 saturated heterocycles. The molecule has 0 N–H and O–H groups in total. The molecule has 9 heteroatoms. The van der Waals surface area contributed by atoms with Crippen molar-refractivity contribution in [2.24, 2.45) is 0 Å². The lowest BCUT2D eigenvalue weighted by molar-refractivity contribution is -0.121. The lowest BCUT2D eigenvalue weighted by Crippen LogP contribution is -2.22. The van der Waals surface area contributed by atoms with Crippen LogP contribution in [0.5, 0.6) is 17.4 Å². The molecular weight excluding hydrogens is 410 g/mol. The molecule has 0 spiro atoms. The summed E-state index contributed by atoms with van der Waals surface area (Å²) in [6.45, 7) is 0. The Morgan fingerprint density at radius 2 is 1.83 bits per heavy atom. The zero-order valence-corrected chi connectivity index (χ0v) is 17.1. The van der Waals surface area contributed by atoms with Gasteiger partial charge in [0, 0.05) is 13.2 Å². The number of nitrogens with zero attached hydrogens (tertiary/aromatic N) is 3. The van der Waals surface area contributed by atoms with Crippen molar-refractivity contribution >= 4 is 45.9 Å². The Morgan fingerprint density at radius 1 is 1.10 bits per heavy atom. The first kappa shape index (κ1) is 19.2. The highest BCUT2D eigenvalue weighted by molar-refractivity contribution is 8.26. The van der Waals surface area contributed by atoms with Crippen molar-refractivity contribution < 1.29 is 14.3 Å².